The van der Waals surface area contributed by atoms with E-state index in [0.29, 0.717) is 11.0 Å². The summed E-state index contributed by atoms with van der Waals surface area (Å²) in [6.07, 6.45) is 6.55. The van der Waals surface area contributed by atoms with Crippen molar-refractivity contribution in [1.82, 2.24) is 14.4 Å². The van der Waals surface area contributed by atoms with E-state index in [-0.39, 0.29) is 12.3 Å². The molecule has 1 fully saturated rings. The summed E-state index contributed by atoms with van der Waals surface area (Å²) in [5, 5.41) is 5.60. The number of carbonyl (C=O) groups is 1. The Kier molecular flexibility index (Phi) is 3.18. The second-order valence-electron chi connectivity index (χ2n) is 5.73. The minimum absolute atomic E-state index is 0.0715. The summed E-state index contributed by atoms with van der Waals surface area (Å²) in [6.45, 7) is 2.02. The first-order valence-corrected chi connectivity index (χ1v) is 8.25. The predicted molar refractivity (Wildman–Crippen MR) is 86.4 cm³/mol. The van der Waals surface area contributed by atoms with Crippen molar-refractivity contribution in [2.75, 3.05) is 5.32 Å². The molecule has 22 heavy (non-hydrogen) atoms. The summed E-state index contributed by atoms with van der Waals surface area (Å²) in [6, 6.07) is 3.99. The lowest BCUT2D eigenvalue weighted by atomic mass is 10.3. The van der Waals surface area contributed by atoms with Crippen LogP contribution in [0.15, 0.2) is 29.9 Å². The number of pyridine rings is 1. The molecular weight excluding hydrogens is 296 g/mol. The molecule has 112 valence electrons. The van der Waals surface area contributed by atoms with E-state index < -0.39 is 0 Å². The van der Waals surface area contributed by atoms with Crippen molar-refractivity contribution in [1.29, 1.82) is 0 Å². The number of amides is 1. The molecule has 6 heteroatoms. The van der Waals surface area contributed by atoms with Crippen molar-refractivity contribution < 1.29 is 4.79 Å². The van der Waals surface area contributed by atoms with Gasteiger partial charge in [-0.2, -0.15) is 0 Å². The number of nitrogens with one attached hydrogen (secondary N) is 1. The summed E-state index contributed by atoms with van der Waals surface area (Å²) in [7, 11) is 0. The highest BCUT2D eigenvalue weighted by atomic mass is 32.1. The topological polar surface area (TPSA) is 59.3 Å². The maximum atomic E-state index is 12.1. The van der Waals surface area contributed by atoms with Gasteiger partial charge in [-0.05, 0) is 31.4 Å². The van der Waals surface area contributed by atoms with Crippen LogP contribution in [-0.2, 0) is 11.2 Å². The molecule has 1 saturated carbocycles. The third kappa shape index (κ3) is 2.62. The lowest BCUT2D eigenvalue weighted by molar-refractivity contribution is -0.115. The maximum Gasteiger partial charge on any atom is 0.232 e. The van der Waals surface area contributed by atoms with E-state index in [1.165, 1.54) is 24.2 Å². The van der Waals surface area contributed by atoms with E-state index >= 15 is 0 Å². The van der Waals surface area contributed by atoms with Gasteiger partial charge in [-0.3, -0.25) is 4.79 Å². The first kappa shape index (κ1) is 13.5. The highest BCUT2D eigenvalue weighted by Gasteiger charge is 2.26. The van der Waals surface area contributed by atoms with Crippen LogP contribution in [-0.4, -0.2) is 20.3 Å². The first-order valence-electron chi connectivity index (χ1n) is 7.37. The van der Waals surface area contributed by atoms with Gasteiger partial charge in [0.25, 0.3) is 0 Å². The maximum absolute atomic E-state index is 12.1. The molecule has 4 rings (SSSR count). The number of fused-ring (bicyclic) bond motifs is 1. The van der Waals surface area contributed by atoms with Crippen LogP contribution < -0.4 is 5.32 Å². The van der Waals surface area contributed by atoms with Crippen LogP contribution >= 0.6 is 11.3 Å². The summed E-state index contributed by atoms with van der Waals surface area (Å²) in [5.41, 5.74) is 3.88. The van der Waals surface area contributed by atoms with Gasteiger partial charge < -0.3 is 9.72 Å². The number of aryl methyl sites for hydroxylation is 1. The molecule has 0 radical (unpaired) electrons. The van der Waals surface area contributed by atoms with Crippen LogP contribution in [0, 0.1) is 6.92 Å². The van der Waals surface area contributed by atoms with Gasteiger partial charge in [-0.1, -0.05) is 6.07 Å². The molecule has 1 amide bonds. The lowest BCUT2D eigenvalue weighted by Gasteiger charge is -1.98. The Bertz CT molecular complexity index is 847. The molecule has 0 saturated heterocycles. The molecule has 0 atom stereocenters. The Hall–Kier alpha value is -2.21. The van der Waals surface area contributed by atoms with Crippen molar-refractivity contribution in [3.8, 4) is 0 Å². The molecule has 0 spiro atoms. The largest absolute Gasteiger partial charge is 0.307 e. The van der Waals surface area contributed by atoms with Crippen molar-refractivity contribution in [3.63, 3.8) is 0 Å². The van der Waals surface area contributed by atoms with E-state index in [4.69, 9.17) is 0 Å². The number of aromatic nitrogens is 3. The normalized spacial score (nSPS) is 14.4. The first-order chi connectivity index (χ1) is 10.7. The van der Waals surface area contributed by atoms with Crippen molar-refractivity contribution in [2.45, 2.75) is 32.1 Å². The van der Waals surface area contributed by atoms with E-state index in [9.17, 15) is 4.79 Å². The predicted octanol–water partition coefficient (Wildman–Crippen LogP) is 3.16. The molecule has 1 aliphatic rings. The van der Waals surface area contributed by atoms with Crippen LogP contribution in [0.25, 0.3) is 5.65 Å². The molecule has 0 aromatic carbocycles. The molecule has 1 N–H and O–H groups in total. The fraction of sp³-hybridized carbons (Fsp3) is 0.312. The van der Waals surface area contributed by atoms with Gasteiger partial charge >= 0.3 is 0 Å². The number of rotatable bonds is 4. The van der Waals surface area contributed by atoms with E-state index in [0.717, 1.165) is 22.6 Å². The summed E-state index contributed by atoms with van der Waals surface area (Å²) < 4.78 is 1.95. The Labute approximate surface area is 132 Å². The zero-order valence-corrected chi connectivity index (χ0v) is 13.1. The highest BCUT2D eigenvalue weighted by Crippen LogP contribution is 2.40. The molecule has 0 bridgehead atoms. The number of carbonyl (C=O) groups excluding carboxylic acids is 1. The average Bonchev–Trinajstić information content (AvgIpc) is 3.09. The quantitative estimate of drug-likeness (QED) is 0.805. The number of hydrogen-bond acceptors (Lipinski definition) is 4. The number of imidazole rings is 1. The Morgan fingerprint density at radius 2 is 2.32 bits per heavy atom. The lowest BCUT2D eigenvalue weighted by Crippen LogP contribution is -2.14. The number of nitrogens with zero attached hydrogens (tertiary/aromatic N) is 3. The Balaban J connectivity index is 1.46. The van der Waals surface area contributed by atoms with Gasteiger partial charge in [0.05, 0.1) is 17.8 Å². The van der Waals surface area contributed by atoms with Gasteiger partial charge in [-0.15, -0.1) is 11.3 Å². The molecule has 3 heterocycles. The summed E-state index contributed by atoms with van der Waals surface area (Å²) in [4.78, 5) is 21.1. The van der Waals surface area contributed by atoms with Gasteiger partial charge in [0.2, 0.25) is 5.91 Å². The second-order valence-corrected chi connectivity index (χ2v) is 6.59. The SMILES string of the molecule is Cc1cccn2cc(CC(=O)Nc3nc(C4CC4)cs3)nc12. The molecule has 5 nitrogen and oxygen atoms in total. The van der Waals surface area contributed by atoms with Gasteiger partial charge in [0, 0.05) is 23.7 Å². The van der Waals surface area contributed by atoms with Crippen LogP contribution in [0.2, 0.25) is 0 Å². The monoisotopic (exact) mass is 312 g/mol. The van der Waals surface area contributed by atoms with Crippen LogP contribution in [0.3, 0.4) is 0 Å². The van der Waals surface area contributed by atoms with Gasteiger partial charge in [0.1, 0.15) is 5.65 Å². The molecule has 3 aromatic rings. The molecule has 0 unspecified atom stereocenters. The zero-order valence-electron chi connectivity index (χ0n) is 12.2. The van der Waals surface area contributed by atoms with Crippen LogP contribution in [0.1, 0.15) is 35.7 Å². The molecular formula is C16H16N4OS. The van der Waals surface area contributed by atoms with Crippen molar-refractivity contribution in [3.05, 3.63) is 46.9 Å². The zero-order chi connectivity index (χ0) is 15.1. The summed E-state index contributed by atoms with van der Waals surface area (Å²) in [5.74, 6) is 0.543. The number of hydrogen-bond donors (Lipinski definition) is 1. The van der Waals surface area contributed by atoms with Crippen LogP contribution in [0.4, 0.5) is 5.13 Å². The smallest absolute Gasteiger partial charge is 0.232 e. The number of thiazole rings is 1. The van der Waals surface area contributed by atoms with Crippen LogP contribution in [0.5, 0.6) is 0 Å². The average molecular weight is 312 g/mol. The van der Waals surface area contributed by atoms with Crippen molar-refractivity contribution in [2.24, 2.45) is 0 Å². The van der Waals surface area contributed by atoms with Crippen molar-refractivity contribution >= 4 is 28.0 Å². The highest BCUT2D eigenvalue weighted by molar-refractivity contribution is 7.13. The Morgan fingerprint density at radius 3 is 3.09 bits per heavy atom. The summed E-state index contributed by atoms with van der Waals surface area (Å²) >= 11 is 1.50. The third-order valence-electron chi connectivity index (χ3n) is 3.83. The fourth-order valence-electron chi connectivity index (χ4n) is 2.53. The molecule has 1 aliphatic carbocycles. The van der Waals surface area contributed by atoms with E-state index in [1.54, 1.807) is 0 Å². The third-order valence-corrected chi connectivity index (χ3v) is 4.61. The molecule has 0 aliphatic heterocycles. The van der Waals surface area contributed by atoms with E-state index in [1.807, 2.05) is 41.2 Å². The Morgan fingerprint density at radius 1 is 1.45 bits per heavy atom. The number of anilines is 1. The van der Waals surface area contributed by atoms with Gasteiger partial charge in [-0.25, -0.2) is 9.97 Å². The molecule has 3 aromatic heterocycles. The fourth-order valence-corrected chi connectivity index (χ4v) is 3.34. The second kappa shape index (κ2) is 5.21. The minimum Gasteiger partial charge on any atom is -0.307 e. The minimum atomic E-state index is -0.0715. The van der Waals surface area contributed by atoms with Gasteiger partial charge in [0.15, 0.2) is 5.13 Å². The standard InChI is InChI=1S/C16H16N4OS/c1-10-3-2-6-20-8-12(17-15(10)20)7-14(21)19-16-18-13(9-22-16)11-4-5-11/h2-3,6,8-9,11H,4-5,7H2,1H3,(H,18,19,21). The van der Waals surface area contributed by atoms with E-state index in [2.05, 4.69) is 15.3 Å².